The highest BCUT2D eigenvalue weighted by atomic mass is 32.2. The number of amides is 3. The average molecular weight is 314 g/mol. The number of benzene rings is 1. The Morgan fingerprint density at radius 2 is 2.14 bits per heavy atom. The minimum Gasteiger partial charge on any atom is -0.496 e. The fraction of sp³-hybridized carbons (Fsp3) is 0.429. The number of carbonyl (C=O) groups excluding carboxylic acids is 2. The molecule has 1 rings (SSSR count). The third-order valence-corrected chi connectivity index (χ3v) is 3.87. The van der Waals surface area contributed by atoms with Crippen LogP contribution in [0, 0.1) is 5.82 Å². The number of urea groups is 1. The number of nitrogens with one attached hydrogen (secondary N) is 2. The molecule has 0 aliphatic rings. The van der Waals surface area contributed by atoms with Crippen LogP contribution in [0.5, 0.6) is 5.75 Å². The second kappa shape index (κ2) is 8.51. The Morgan fingerprint density at radius 1 is 1.43 bits per heavy atom. The molecule has 0 saturated heterocycles. The lowest BCUT2D eigenvalue weighted by atomic mass is 10.2. The fourth-order valence-electron chi connectivity index (χ4n) is 1.57. The lowest BCUT2D eigenvalue weighted by Gasteiger charge is -2.13. The van der Waals surface area contributed by atoms with Gasteiger partial charge in [0.25, 0.3) is 0 Å². The van der Waals surface area contributed by atoms with E-state index >= 15 is 0 Å². The van der Waals surface area contributed by atoms with Gasteiger partial charge in [-0.05, 0) is 32.0 Å². The lowest BCUT2D eigenvalue weighted by molar-refractivity contribution is -0.119. The first-order valence-electron chi connectivity index (χ1n) is 6.50. The van der Waals surface area contributed by atoms with E-state index in [-0.39, 0.29) is 11.7 Å². The van der Waals surface area contributed by atoms with Crippen LogP contribution in [0.25, 0.3) is 0 Å². The molecule has 0 radical (unpaired) electrons. The van der Waals surface area contributed by atoms with Gasteiger partial charge in [0, 0.05) is 17.9 Å². The van der Waals surface area contributed by atoms with Crippen LogP contribution < -0.4 is 15.4 Å². The predicted molar refractivity (Wildman–Crippen MR) is 80.9 cm³/mol. The van der Waals surface area contributed by atoms with Crippen LogP contribution in [0.1, 0.15) is 19.4 Å². The first-order chi connectivity index (χ1) is 9.97. The van der Waals surface area contributed by atoms with Crippen molar-refractivity contribution in [1.29, 1.82) is 0 Å². The number of hydrogen-bond donors (Lipinski definition) is 2. The minimum absolute atomic E-state index is 0.356. The number of halogens is 1. The zero-order valence-electron chi connectivity index (χ0n) is 12.2. The largest absolute Gasteiger partial charge is 0.496 e. The summed E-state index contributed by atoms with van der Waals surface area (Å²) in [6.45, 7) is 3.89. The molecule has 1 aromatic carbocycles. The summed E-state index contributed by atoms with van der Waals surface area (Å²) in [5.74, 6) is 0.234. The van der Waals surface area contributed by atoms with Crippen LogP contribution in [-0.2, 0) is 10.5 Å². The van der Waals surface area contributed by atoms with Crippen molar-refractivity contribution in [2.24, 2.45) is 0 Å². The van der Waals surface area contributed by atoms with Crippen molar-refractivity contribution >= 4 is 23.7 Å². The molecule has 0 aromatic heterocycles. The van der Waals surface area contributed by atoms with E-state index in [4.69, 9.17) is 4.74 Å². The normalized spacial score (nSPS) is 11.6. The maximum absolute atomic E-state index is 13.2. The lowest BCUT2D eigenvalue weighted by Crippen LogP contribution is -2.42. The third-order valence-electron chi connectivity index (χ3n) is 2.67. The first kappa shape index (κ1) is 17.3. The molecular weight excluding hydrogens is 295 g/mol. The zero-order chi connectivity index (χ0) is 15.8. The minimum atomic E-state index is -0.515. The van der Waals surface area contributed by atoms with E-state index in [9.17, 15) is 14.0 Å². The number of hydrogen-bond acceptors (Lipinski definition) is 4. The van der Waals surface area contributed by atoms with Crippen molar-refractivity contribution in [1.82, 2.24) is 10.6 Å². The Bertz CT molecular complexity index is 511. The highest BCUT2D eigenvalue weighted by Crippen LogP contribution is 2.26. The molecule has 7 heteroatoms. The van der Waals surface area contributed by atoms with E-state index in [2.05, 4.69) is 10.6 Å². The Balaban J connectivity index is 2.56. The van der Waals surface area contributed by atoms with Gasteiger partial charge < -0.3 is 10.1 Å². The molecule has 0 heterocycles. The van der Waals surface area contributed by atoms with Crippen LogP contribution >= 0.6 is 11.8 Å². The number of imide groups is 1. The van der Waals surface area contributed by atoms with E-state index in [0.717, 1.165) is 0 Å². The van der Waals surface area contributed by atoms with Crippen LogP contribution in [-0.4, -0.2) is 30.8 Å². The van der Waals surface area contributed by atoms with E-state index in [0.29, 0.717) is 23.6 Å². The van der Waals surface area contributed by atoms with Crippen molar-refractivity contribution in [3.63, 3.8) is 0 Å². The van der Waals surface area contributed by atoms with Gasteiger partial charge >= 0.3 is 6.03 Å². The second-order valence-corrected chi connectivity index (χ2v) is 5.59. The summed E-state index contributed by atoms with van der Waals surface area (Å²) in [6.07, 6.45) is 0. The van der Waals surface area contributed by atoms with E-state index < -0.39 is 11.3 Å². The summed E-state index contributed by atoms with van der Waals surface area (Å²) in [4.78, 5) is 23.0. The van der Waals surface area contributed by atoms with Gasteiger partial charge in [-0.3, -0.25) is 10.1 Å². The molecule has 21 heavy (non-hydrogen) atoms. The molecule has 0 saturated carbocycles. The van der Waals surface area contributed by atoms with Crippen LogP contribution in [0.4, 0.5) is 9.18 Å². The molecule has 3 amide bonds. The molecule has 5 nitrogen and oxygen atoms in total. The molecule has 2 N–H and O–H groups in total. The van der Waals surface area contributed by atoms with Crippen molar-refractivity contribution in [2.45, 2.75) is 24.9 Å². The summed E-state index contributed by atoms with van der Waals surface area (Å²) in [5.41, 5.74) is 0.667. The Labute approximate surface area is 127 Å². The van der Waals surface area contributed by atoms with Gasteiger partial charge in [0.15, 0.2) is 0 Å². The van der Waals surface area contributed by atoms with Gasteiger partial charge in [-0.25, -0.2) is 9.18 Å². The SMILES string of the molecule is CCNC(=O)NC(=O)[C@@H](C)SCc1cc(F)ccc1OC. The summed E-state index contributed by atoms with van der Waals surface area (Å²) in [5, 5.41) is 4.28. The van der Waals surface area contributed by atoms with Gasteiger partial charge in [0.1, 0.15) is 11.6 Å². The van der Waals surface area contributed by atoms with Gasteiger partial charge in [0.2, 0.25) is 5.91 Å². The first-order valence-corrected chi connectivity index (χ1v) is 7.55. The van der Waals surface area contributed by atoms with Gasteiger partial charge in [-0.15, -0.1) is 11.8 Å². The van der Waals surface area contributed by atoms with Crippen LogP contribution in [0.15, 0.2) is 18.2 Å². The Hall–Kier alpha value is -1.76. The quantitative estimate of drug-likeness (QED) is 0.845. The zero-order valence-corrected chi connectivity index (χ0v) is 13.1. The Morgan fingerprint density at radius 3 is 2.76 bits per heavy atom. The maximum Gasteiger partial charge on any atom is 0.321 e. The van der Waals surface area contributed by atoms with Crippen molar-refractivity contribution in [3.8, 4) is 5.75 Å². The number of ether oxygens (including phenoxy) is 1. The van der Waals surface area contributed by atoms with Gasteiger partial charge in [-0.1, -0.05) is 0 Å². The molecule has 1 atom stereocenters. The highest BCUT2D eigenvalue weighted by molar-refractivity contribution is 7.99. The van der Waals surface area contributed by atoms with E-state index in [1.54, 1.807) is 19.9 Å². The van der Waals surface area contributed by atoms with Crippen molar-refractivity contribution in [2.75, 3.05) is 13.7 Å². The maximum atomic E-state index is 13.2. The average Bonchev–Trinajstić information content (AvgIpc) is 2.45. The van der Waals surface area contributed by atoms with Crippen LogP contribution in [0.2, 0.25) is 0 Å². The van der Waals surface area contributed by atoms with Crippen molar-refractivity contribution in [3.05, 3.63) is 29.6 Å². The standard InChI is InChI=1S/C14H19FN2O3S/c1-4-16-14(19)17-13(18)9(2)21-8-10-7-11(15)5-6-12(10)20-3/h5-7,9H,4,8H2,1-3H3,(H2,16,17,18,19)/t9-/m1/s1. The molecule has 116 valence electrons. The smallest absolute Gasteiger partial charge is 0.321 e. The summed E-state index contributed by atoms with van der Waals surface area (Å²) < 4.78 is 18.4. The predicted octanol–water partition coefficient (Wildman–Crippen LogP) is 2.30. The molecule has 1 aromatic rings. The molecule has 0 fully saturated rings. The highest BCUT2D eigenvalue weighted by Gasteiger charge is 2.17. The topological polar surface area (TPSA) is 67.4 Å². The van der Waals surface area contributed by atoms with Gasteiger partial charge in [-0.2, -0.15) is 0 Å². The second-order valence-electron chi connectivity index (χ2n) is 4.26. The van der Waals surface area contributed by atoms with E-state index in [1.165, 1.54) is 31.0 Å². The molecule has 0 aliphatic carbocycles. The number of methoxy groups -OCH3 is 1. The number of rotatable bonds is 6. The molecule has 0 aliphatic heterocycles. The summed E-state index contributed by atoms with van der Waals surface area (Å²) in [7, 11) is 1.51. The van der Waals surface area contributed by atoms with Crippen molar-refractivity contribution < 1.29 is 18.7 Å². The molecular formula is C14H19FN2O3S. The number of carbonyl (C=O) groups is 2. The van der Waals surface area contributed by atoms with E-state index in [1.807, 2.05) is 0 Å². The molecule has 0 spiro atoms. The summed E-state index contributed by atoms with van der Waals surface area (Å²) >= 11 is 1.30. The molecule has 0 unspecified atom stereocenters. The van der Waals surface area contributed by atoms with Crippen LogP contribution in [0.3, 0.4) is 0 Å². The fourth-order valence-corrected chi connectivity index (χ4v) is 2.43. The third kappa shape index (κ3) is 5.63. The Kier molecular flexibility index (Phi) is 7.01. The molecule has 0 bridgehead atoms. The number of thioether (sulfide) groups is 1. The monoisotopic (exact) mass is 314 g/mol. The van der Waals surface area contributed by atoms with Gasteiger partial charge in [0.05, 0.1) is 12.4 Å². The summed E-state index contributed by atoms with van der Waals surface area (Å²) in [6, 6.07) is 3.72.